The lowest BCUT2D eigenvalue weighted by Crippen LogP contribution is -2.48. The van der Waals surface area contributed by atoms with Gasteiger partial charge in [0.1, 0.15) is 5.75 Å². The van der Waals surface area contributed by atoms with Crippen molar-refractivity contribution in [3.05, 3.63) is 42.0 Å². The zero-order valence-electron chi connectivity index (χ0n) is 13.0. The molecule has 1 heterocycles. The van der Waals surface area contributed by atoms with E-state index in [0.29, 0.717) is 0 Å². The normalized spacial score (nSPS) is 26.0. The third kappa shape index (κ3) is 2.63. The molecule has 0 radical (unpaired) electrons. The molecule has 21 heavy (non-hydrogen) atoms. The molecule has 2 unspecified atom stereocenters. The Morgan fingerprint density at radius 2 is 2.00 bits per heavy atom. The smallest absolute Gasteiger partial charge is 0.126 e. The number of rotatable bonds is 3. The van der Waals surface area contributed by atoms with Gasteiger partial charge in [0.2, 0.25) is 0 Å². The largest absolute Gasteiger partial charge is 0.496 e. The van der Waals surface area contributed by atoms with E-state index in [1.54, 1.807) is 7.11 Å². The van der Waals surface area contributed by atoms with Crippen LogP contribution in [0.1, 0.15) is 31.9 Å². The molecule has 1 saturated heterocycles. The number of morpholine rings is 1. The lowest BCUT2D eigenvalue weighted by Gasteiger charge is -2.39. The van der Waals surface area contributed by atoms with Crippen molar-refractivity contribution in [1.29, 1.82) is 0 Å². The van der Waals surface area contributed by atoms with Crippen molar-refractivity contribution in [1.82, 2.24) is 5.32 Å². The Bertz CT molecular complexity index is 640. The third-order valence-electron chi connectivity index (χ3n) is 4.49. The maximum atomic E-state index is 6.39. The maximum Gasteiger partial charge on any atom is 0.126 e. The third-order valence-corrected chi connectivity index (χ3v) is 4.49. The molecule has 0 amide bonds. The van der Waals surface area contributed by atoms with Gasteiger partial charge in [-0.05, 0) is 30.4 Å². The van der Waals surface area contributed by atoms with Gasteiger partial charge >= 0.3 is 0 Å². The highest BCUT2D eigenvalue weighted by Crippen LogP contribution is 2.36. The van der Waals surface area contributed by atoms with Crippen LogP contribution in [0.3, 0.4) is 0 Å². The van der Waals surface area contributed by atoms with Crippen molar-refractivity contribution in [2.24, 2.45) is 0 Å². The quantitative estimate of drug-likeness (QED) is 0.933. The molecule has 2 aromatic rings. The van der Waals surface area contributed by atoms with Gasteiger partial charge in [-0.3, -0.25) is 0 Å². The average Bonchev–Trinajstić information content (AvgIpc) is 2.54. The first-order valence-corrected chi connectivity index (χ1v) is 7.61. The highest BCUT2D eigenvalue weighted by atomic mass is 16.5. The van der Waals surface area contributed by atoms with Crippen LogP contribution in [-0.2, 0) is 4.74 Å². The maximum absolute atomic E-state index is 6.39. The first-order chi connectivity index (χ1) is 10.2. The molecule has 3 rings (SSSR count). The predicted molar refractivity (Wildman–Crippen MR) is 85.9 cm³/mol. The minimum Gasteiger partial charge on any atom is -0.496 e. The van der Waals surface area contributed by atoms with E-state index in [-0.39, 0.29) is 11.7 Å². The van der Waals surface area contributed by atoms with E-state index < -0.39 is 0 Å². The summed E-state index contributed by atoms with van der Waals surface area (Å²) in [4.78, 5) is 0. The Hall–Kier alpha value is -1.58. The second-order valence-corrected chi connectivity index (χ2v) is 5.94. The summed E-state index contributed by atoms with van der Waals surface area (Å²) < 4.78 is 11.9. The lowest BCUT2D eigenvalue weighted by molar-refractivity contribution is -0.108. The summed E-state index contributed by atoms with van der Waals surface area (Å²) in [6.07, 6.45) is 1.09. The van der Waals surface area contributed by atoms with Crippen LogP contribution >= 0.6 is 0 Å². The SMILES string of the molecule is CCC1(C)CNCC(c2ccc(OC)c3ccccc23)O1. The Morgan fingerprint density at radius 3 is 2.71 bits per heavy atom. The molecular weight excluding hydrogens is 262 g/mol. The van der Waals surface area contributed by atoms with E-state index in [0.717, 1.165) is 30.6 Å². The topological polar surface area (TPSA) is 30.5 Å². The van der Waals surface area contributed by atoms with Crippen LogP contribution in [-0.4, -0.2) is 25.8 Å². The van der Waals surface area contributed by atoms with E-state index in [4.69, 9.17) is 9.47 Å². The van der Waals surface area contributed by atoms with E-state index in [9.17, 15) is 0 Å². The summed E-state index contributed by atoms with van der Waals surface area (Å²) in [7, 11) is 1.72. The van der Waals surface area contributed by atoms with Crippen LogP contribution in [0.2, 0.25) is 0 Å². The minimum absolute atomic E-state index is 0.0829. The van der Waals surface area contributed by atoms with Crippen LogP contribution < -0.4 is 10.1 Å². The number of nitrogens with one attached hydrogen (secondary N) is 1. The van der Waals surface area contributed by atoms with E-state index in [1.165, 1.54) is 10.9 Å². The van der Waals surface area contributed by atoms with Crippen LogP contribution in [0.4, 0.5) is 0 Å². The summed E-state index contributed by atoms with van der Waals surface area (Å²) in [5.74, 6) is 0.913. The van der Waals surface area contributed by atoms with Crippen LogP contribution in [0, 0.1) is 0 Å². The first-order valence-electron chi connectivity index (χ1n) is 7.61. The molecule has 1 aliphatic rings. The fourth-order valence-corrected chi connectivity index (χ4v) is 3.03. The number of fused-ring (bicyclic) bond motifs is 1. The van der Waals surface area contributed by atoms with Gasteiger partial charge in [-0.15, -0.1) is 0 Å². The zero-order valence-corrected chi connectivity index (χ0v) is 13.0. The molecule has 0 aromatic heterocycles. The van der Waals surface area contributed by atoms with Gasteiger partial charge < -0.3 is 14.8 Å². The average molecular weight is 285 g/mol. The van der Waals surface area contributed by atoms with Crippen molar-refractivity contribution in [3.63, 3.8) is 0 Å². The first kappa shape index (κ1) is 14.4. The van der Waals surface area contributed by atoms with Gasteiger partial charge in [-0.25, -0.2) is 0 Å². The number of ether oxygens (including phenoxy) is 2. The van der Waals surface area contributed by atoms with Crippen molar-refractivity contribution in [3.8, 4) is 5.75 Å². The summed E-state index contributed by atoms with van der Waals surface area (Å²) in [6.45, 7) is 6.12. The predicted octanol–water partition coefficient (Wildman–Crippen LogP) is 3.68. The second kappa shape index (κ2) is 5.66. The molecule has 1 aliphatic heterocycles. The van der Waals surface area contributed by atoms with E-state index in [1.807, 2.05) is 12.1 Å². The summed E-state index contributed by atoms with van der Waals surface area (Å²) in [5, 5.41) is 5.87. The number of methoxy groups -OCH3 is 1. The lowest BCUT2D eigenvalue weighted by atomic mass is 9.95. The van der Waals surface area contributed by atoms with Crippen molar-refractivity contribution in [2.45, 2.75) is 32.0 Å². The molecule has 112 valence electrons. The summed E-state index contributed by atoms with van der Waals surface area (Å²) >= 11 is 0. The number of benzene rings is 2. The molecule has 0 spiro atoms. The van der Waals surface area contributed by atoms with Crippen molar-refractivity contribution in [2.75, 3.05) is 20.2 Å². The molecule has 3 nitrogen and oxygen atoms in total. The number of hydrogen-bond donors (Lipinski definition) is 1. The van der Waals surface area contributed by atoms with E-state index >= 15 is 0 Å². The molecule has 2 atom stereocenters. The van der Waals surface area contributed by atoms with Crippen LogP contribution in [0.15, 0.2) is 36.4 Å². The second-order valence-electron chi connectivity index (χ2n) is 5.94. The summed E-state index contributed by atoms with van der Waals surface area (Å²) in [6, 6.07) is 12.5. The molecule has 2 aromatic carbocycles. The van der Waals surface area contributed by atoms with Crippen molar-refractivity contribution < 1.29 is 9.47 Å². The van der Waals surface area contributed by atoms with E-state index in [2.05, 4.69) is 43.4 Å². The van der Waals surface area contributed by atoms with Gasteiger partial charge in [-0.2, -0.15) is 0 Å². The minimum atomic E-state index is -0.0933. The molecule has 3 heteroatoms. The van der Waals surface area contributed by atoms with Gasteiger partial charge in [0.05, 0.1) is 18.8 Å². The van der Waals surface area contributed by atoms with Crippen molar-refractivity contribution >= 4 is 10.8 Å². The van der Waals surface area contributed by atoms with Crippen LogP contribution in [0.25, 0.3) is 10.8 Å². The highest BCUT2D eigenvalue weighted by molar-refractivity contribution is 5.91. The number of hydrogen-bond acceptors (Lipinski definition) is 3. The standard InChI is InChI=1S/C18H23NO2/c1-4-18(2)12-19-11-17(21-18)15-9-10-16(20-3)14-8-6-5-7-13(14)15/h5-10,17,19H,4,11-12H2,1-3H3. The Labute approximate surface area is 126 Å². The zero-order chi connectivity index (χ0) is 14.9. The monoisotopic (exact) mass is 285 g/mol. The summed E-state index contributed by atoms with van der Waals surface area (Å²) in [5.41, 5.74) is 1.14. The fourth-order valence-electron chi connectivity index (χ4n) is 3.03. The Morgan fingerprint density at radius 1 is 1.24 bits per heavy atom. The Kier molecular flexibility index (Phi) is 3.87. The Balaban J connectivity index is 2.05. The highest BCUT2D eigenvalue weighted by Gasteiger charge is 2.32. The molecule has 1 N–H and O–H groups in total. The molecule has 0 aliphatic carbocycles. The molecular formula is C18H23NO2. The molecule has 1 fully saturated rings. The molecule has 0 saturated carbocycles. The van der Waals surface area contributed by atoms with Crippen LogP contribution in [0.5, 0.6) is 5.75 Å². The molecule has 0 bridgehead atoms. The van der Waals surface area contributed by atoms with Gasteiger partial charge in [0.25, 0.3) is 0 Å². The van der Waals surface area contributed by atoms with Gasteiger partial charge in [0.15, 0.2) is 0 Å². The fraction of sp³-hybridized carbons (Fsp3) is 0.444. The van der Waals surface area contributed by atoms with Gasteiger partial charge in [0, 0.05) is 18.5 Å². The van der Waals surface area contributed by atoms with Gasteiger partial charge in [-0.1, -0.05) is 37.3 Å².